The molecule has 0 bridgehead atoms. The molecule has 12 nitrogen and oxygen atoms in total. The van der Waals surface area contributed by atoms with Crippen molar-refractivity contribution >= 4 is 25.8 Å². The number of aryl methyl sites for hydroxylation is 2. The van der Waals surface area contributed by atoms with Crippen LogP contribution in [0.2, 0.25) is 0 Å². The lowest BCUT2D eigenvalue weighted by Gasteiger charge is -2.28. The van der Waals surface area contributed by atoms with Gasteiger partial charge in [0.25, 0.3) is 15.8 Å². The Morgan fingerprint density at radius 3 is 1.80 bits per heavy atom. The number of rotatable bonds is 16. The van der Waals surface area contributed by atoms with E-state index in [1.54, 1.807) is 68.4 Å². The Balaban J connectivity index is 1.63. The summed E-state index contributed by atoms with van der Waals surface area (Å²) in [5.74, 6) is 0.632. The second kappa shape index (κ2) is 15.3. The summed E-state index contributed by atoms with van der Waals surface area (Å²) in [6.07, 6.45) is -2.73. The van der Waals surface area contributed by atoms with Gasteiger partial charge in [-0.25, -0.2) is 8.42 Å². The van der Waals surface area contributed by atoms with Crippen molar-refractivity contribution < 1.29 is 40.5 Å². The lowest BCUT2D eigenvalue weighted by molar-refractivity contribution is -0.384. The minimum atomic E-state index is -4.41. The molecule has 0 aliphatic carbocycles. The molecule has 0 spiro atoms. The number of hydrogen-bond donors (Lipinski definition) is 1. The predicted molar refractivity (Wildman–Crippen MR) is 170 cm³/mol. The Bertz CT molecular complexity index is 1800. The van der Waals surface area contributed by atoms with Crippen LogP contribution in [-0.2, 0) is 24.3 Å². The van der Waals surface area contributed by atoms with E-state index >= 15 is 0 Å². The molecule has 0 unspecified atom stereocenters. The molecule has 4 aromatic carbocycles. The molecule has 46 heavy (non-hydrogen) atoms. The Morgan fingerprint density at radius 1 is 0.717 bits per heavy atom. The van der Waals surface area contributed by atoms with E-state index in [2.05, 4.69) is 0 Å². The Morgan fingerprint density at radius 2 is 1.24 bits per heavy atom. The molecule has 4 rings (SSSR count). The molecule has 4 aromatic rings. The van der Waals surface area contributed by atoms with Crippen LogP contribution in [0.1, 0.15) is 11.1 Å². The second-order valence-corrected chi connectivity index (χ2v) is 14.0. The minimum Gasteiger partial charge on any atom is -0.491 e. The van der Waals surface area contributed by atoms with Gasteiger partial charge in [-0.2, -0.15) is 12.7 Å². The largest absolute Gasteiger partial charge is 0.491 e. The normalized spacial score (nSPS) is 13.2. The average molecular weight is 671 g/mol. The zero-order chi connectivity index (χ0) is 33.3. The fraction of sp³-hybridized carbons (Fsp3) is 0.250. The molecule has 1 N–H and O–H groups in total. The second-order valence-electron chi connectivity index (χ2n) is 10.5. The van der Waals surface area contributed by atoms with E-state index in [9.17, 15) is 32.1 Å². The molecule has 0 aromatic heterocycles. The van der Waals surface area contributed by atoms with Crippen molar-refractivity contribution in [1.29, 1.82) is 0 Å². The zero-order valence-electron chi connectivity index (χ0n) is 25.1. The predicted octanol–water partition coefficient (Wildman–Crippen LogP) is 4.50. The molecule has 0 saturated heterocycles. The van der Waals surface area contributed by atoms with Gasteiger partial charge in [0.05, 0.1) is 14.7 Å². The number of sulfonamides is 1. The third-order valence-corrected chi connectivity index (χ3v) is 9.94. The van der Waals surface area contributed by atoms with E-state index in [4.69, 9.17) is 13.7 Å². The maximum Gasteiger partial charge on any atom is 0.297 e. The fourth-order valence-corrected chi connectivity index (χ4v) is 6.82. The van der Waals surface area contributed by atoms with Crippen LogP contribution in [0, 0.1) is 24.0 Å². The van der Waals surface area contributed by atoms with Crippen molar-refractivity contribution in [3.8, 4) is 11.5 Å². The van der Waals surface area contributed by atoms with E-state index in [-0.39, 0.29) is 27.8 Å². The van der Waals surface area contributed by atoms with Crippen LogP contribution in [0.25, 0.3) is 0 Å². The van der Waals surface area contributed by atoms with Crippen molar-refractivity contribution in [3.63, 3.8) is 0 Å². The van der Waals surface area contributed by atoms with Gasteiger partial charge in [0, 0.05) is 25.2 Å². The Labute approximate surface area is 268 Å². The van der Waals surface area contributed by atoms with Gasteiger partial charge in [-0.05, 0) is 62.4 Å². The Kier molecular flexibility index (Phi) is 11.5. The number of nitro groups is 1. The third-order valence-electron chi connectivity index (χ3n) is 6.72. The summed E-state index contributed by atoms with van der Waals surface area (Å²) in [5.41, 5.74) is 1.46. The molecule has 0 heterocycles. The quantitative estimate of drug-likeness (QED) is 0.102. The number of nitrogens with zero attached hydrogens (tertiary/aromatic N) is 2. The molecule has 14 heteroatoms. The maximum absolute atomic E-state index is 13.9. The van der Waals surface area contributed by atoms with Crippen LogP contribution < -0.4 is 9.47 Å². The topological polar surface area (TPSA) is 163 Å². The third kappa shape index (κ3) is 9.58. The van der Waals surface area contributed by atoms with Crippen molar-refractivity contribution in [3.05, 3.63) is 124 Å². The van der Waals surface area contributed by atoms with Gasteiger partial charge >= 0.3 is 0 Å². The van der Waals surface area contributed by atoms with E-state index in [0.717, 1.165) is 15.4 Å². The molecule has 0 radical (unpaired) electrons. The summed E-state index contributed by atoms with van der Waals surface area (Å²) in [4.78, 5) is 10.2. The van der Waals surface area contributed by atoms with Gasteiger partial charge in [-0.15, -0.1) is 0 Å². The summed E-state index contributed by atoms with van der Waals surface area (Å²) in [7, 11) is -8.72. The van der Waals surface area contributed by atoms with Crippen LogP contribution in [-0.4, -0.2) is 69.7 Å². The van der Waals surface area contributed by atoms with Crippen LogP contribution in [0.15, 0.2) is 113 Å². The highest BCUT2D eigenvalue weighted by atomic mass is 32.2. The summed E-state index contributed by atoms with van der Waals surface area (Å²) >= 11 is 0. The molecule has 0 fully saturated rings. The van der Waals surface area contributed by atoms with Crippen LogP contribution in [0.5, 0.6) is 11.5 Å². The first-order valence-electron chi connectivity index (χ1n) is 14.1. The highest BCUT2D eigenvalue weighted by Crippen LogP contribution is 2.23. The van der Waals surface area contributed by atoms with Crippen molar-refractivity contribution in [1.82, 2.24) is 4.31 Å². The number of aliphatic hydroxyl groups excluding tert-OH is 1. The number of aliphatic hydroxyl groups is 1. The fourth-order valence-electron chi connectivity index (χ4n) is 4.26. The molecular weight excluding hydrogens is 636 g/mol. The number of para-hydroxylation sites is 1. The monoisotopic (exact) mass is 670 g/mol. The van der Waals surface area contributed by atoms with Crippen LogP contribution in [0.4, 0.5) is 5.69 Å². The van der Waals surface area contributed by atoms with Crippen LogP contribution >= 0.6 is 0 Å². The molecule has 0 amide bonds. The highest BCUT2D eigenvalue weighted by molar-refractivity contribution is 7.89. The summed E-state index contributed by atoms with van der Waals surface area (Å²) in [6.45, 7) is 1.87. The van der Waals surface area contributed by atoms with Gasteiger partial charge in [-0.3, -0.25) is 14.3 Å². The molecule has 2 atom stereocenters. The van der Waals surface area contributed by atoms with Crippen molar-refractivity contribution in [2.24, 2.45) is 0 Å². The summed E-state index contributed by atoms with van der Waals surface area (Å²) in [6, 6.07) is 25.7. The standard InChI is InChI=1S/C32H34N2O10S2/c1-24-8-16-31(17-9-24)45(38,39)33(20-27(35)22-42-28-6-4-3-5-7-28)21-30(23-43-29-14-12-26(13-15-29)34(36)37)44-46(40,41)32-18-10-25(2)11-19-32/h3-19,27,30,35H,20-23H2,1-2H3/t27-,30+/m0/s1. The van der Waals surface area contributed by atoms with Gasteiger partial charge in [-0.1, -0.05) is 53.6 Å². The first-order chi connectivity index (χ1) is 21.8. The maximum atomic E-state index is 13.9. The van der Waals surface area contributed by atoms with E-state index in [1.807, 2.05) is 0 Å². The smallest absolute Gasteiger partial charge is 0.297 e. The van der Waals surface area contributed by atoms with Gasteiger partial charge in [0.2, 0.25) is 10.0 Å². The number of ether oxygens (including phenoxy) is 2. The van der Waals surface area contributed by atoms with Gasteiger partial charge < -0.3 is 14.6 Å². The van der Waals surface area contributed by atoms with Gasteiger partial charge in [0.1, 0.15) is 36.9 Å². The number of non-ortho nitro benzene ring substituents is 1. The van der Waals surface area contributed by atoms with Gasteiger partial charge in [0.15, 0.2) is 0 Å². The van der Waals surface area contributed by atoms with Crippen LogP contribution in [0.3, 0.4) is 0 Å². The zero-order valence-corrected chi connectivity index (χ0v) is 26.8. The number of hydrogen-bond acceptors (Lipinski definition) is 10. The first kappa shape index (κ1) is 34.5. The SMILES string of the molecule is Cc1ccc(S(=O)(=O)O[C@@H](COc2ccc([N+](=O)[O-])cc2)CN(C[C@H](O)COc2ccccc2)S(=O)(=O)c2ccc(C)cc2)cc1. The lowest BCUT2D eigenvalue weighted by Crippen LogP contribution is -2.46. The van der Waals surface area contributed by atoms with Crippen molar-refractivity contribution in [2.75, 3.05) is 26.3 Å². The van der Waals surface area contributed by atoms with E-state index in [0.29, 0.717) is 5.75 Å². The van der Waals surface area contributed by atoms with E-state index < -0.39 is 57.0 Å². The summed E-state index contributed by atoms with van der Waals surface area (Å²) in [5, 5.41) is 21.9. The van der Waals surface area contributed by atoms with Crippen molar-refractivity contribution in [2.45, 2.75) is 35.8 Å². The number of nitro benzene ring substituents is 1. The first-order valence-corrected chi connectivity index (χ1v) is 17.0. The average Bonchev–Trinajstić information content (AvgIpc) is 3.03. The molecule has 0 saturated carbocycles. The molecular formula is C32H34N2O10S2. The molecule has 0 aliphatic heterocycles. The molecule has 0 aliphatic rings. The Hall–Kier alpha value is -4.34. The summed E-state index contributed by atoms with van der Waals surface area (Å²) < 4.78 is 72.3. The lowest BCUT2D eigenvalue weighted by atomic mass is 10.2. The molecule has 244 valence electrons. The minimum absolute atomic E-state index is 0.0780. The number of benzene rings is 4. The highest BCUT2D eigenvalue weighted by Gasteiger charge is 2.33. The van der Waals surface area contributed by atoms with E-state index in [1.165, 1.54) is 48.5 Å².